The number of nitrogens with one attached hydrogen (secondary N) is 1. The Labute approximate surface area is 130 Å². The first-order chi connectivity index (χ1) is 10.9. The predicted octanol–water partition coefficient (Wildman–Crippen LogP) is 0.844. The average molecular weight is 323 g/mol. The van der Waals surface area contributed by atoms with Crippen molar-refractivity contribution in [2.45, 2.75) is 38.4 Å². The molecule has 1 aromatic carbocycles. The molecule has 1 atom stereocenters. The zero-order chi connectivity index (χ0) is 16.7. The highest BCUT2D eigenvalue weighted by atomic mass is 19.3. The van der Waals surface area contributed by atoms with Gasteiger partial charge in [0.1, 0.15) is 6.04 Å². The minimum atomic E-state index is -2.73. The number of nitrogens with two attached hydrogens (primary N) is 1. The maximum atomic E-state index is 13.3. The van der Waals surface area contributed by atoms with Gasteiger partial charge in [0.2, 0.25) is 11.8 Å². The molecule has 3 rings (SSSR count). The fourth-order valence-electron chi connectivity index (χ4n) is 3.06. The van der Waals surface area contributed by atoms with Crippen LogP contribution in [0.25, 0.3) is 0 Å². The molecule has 0 saturated carbocycles. The van der Waals surface area contributed by atoms with Gasteiger partial charge in [-0.25, -0.2) is 8.78 Å². The van der Waals surface area contributed by atoms with Crippen LogP contribution >= 0.6 is 0 Å². The molecule has 2 heterocycles. The van der Waals surface area contributed by atoms with Crippen molar-refractivity contribution in [3.8, 4) is 0 Å². The number of hydrogen-bond donors (Lipinski definition) is 2. The van der Waals surface area contributed by atoms with E-state index in [1.54, 1.807) is 0 Å². The summed E-state index contributed by atoms with van der Waals surface area (Å²) in [5, 5.41) is 2.17. The smallest absolute Gasteiger partial charge is 0.264 e. The SMILES string of the molecule is NCc1cc2c(c(C(F)F)c1)CN(C1CCC(=O)NC1=O)C2=O. The van der Waals surface area contributed by atoms with Gasteiger partial charge in [-0.3, -0.25) is 19.7 Å². The molecular formula is C15H15F2N3O3. The number of amides is 3. The molecule has 1 aromatic rings. The summed E-state index contributed by atoms with van der Waals surface area (Å²) in [6, 6.07) is 1.97. The van der Waals surface area contributed by atoms with E-state index in [1.807, 2.05) is 0 Å². The Morgan fingerprint density at radius 1 is 1.30 bits per heavy atom. The van der Waals surface area contributed by atoms with Crippen molar-refractivity contribution < 1.29 is 23.2 Å². The molecule has 2 aliphatic heterocycles. The number of rotatable bonds is 3. The molecule has 1 fully saturated rings. The number of alkyl halides is 2. The standard InChI is InChI=1S/C15H15F2N3O3/c16-13(17)8-3-7(5-18)4-9-10(8)6-20(15(9)23)11-1-2-12(21)19-14(11)22/h3-4,11,13H,1-2,5-6,18H2,(H,19,21,22). The van der Waals surface area contributed by atoms with Crippen molar-refractivity contribution in [1.29, 1.82) is 0 Å². The molecule has 1 unspecified atom stereocenters. The molecule has 0 aromatic heterocycles. The van der Waals surface area contributed by atoms with Crippen LogP contribution in [-0.4, -0.2) is 28.7 Å². The third kappa shape index (κ3) is 2.59. The van der Waals surface area contributed by atoms with Crippen LogP contribution in [0, 0.1) is 0 Å². The molecule has 0 spiro atoms. The van der Waals surface area contributed by atoms with Crippen LogP contribution in [0.4, 0.5) is 8.78 Å². The molecule has 122 valence electrons. The van der Waals surface area contributed by atoms with Gasteiger partial charge in [0.05, 0.1) is 0 Å². The van der Waals surface area contributed by atoms with Gasteiger partial charge in [-0.15, -0.1) is 0 Å². The maximum Gasteiger partial charge on any atom is 0.264 e. The summed E-state index contributed by atoms with van der Waals surface area (Å²) in [6.45, 7) is -0.0241. The minimum absolute atomic E-state index is 0.0404. The summed E-state index contributed by atoms with van der Waals surface area (Å²) < 4.78 is 26.5. The third-order valence-electron chi connectivity index (χ3n) is 4.22. The highest BCUT2D eigenvalue weighted by Gasteiger charge is 2.40. The Balaban J connectivity index is 1.97. The van der Waals surface area contributed by atoms with Gasteiger partial charge in [0.15, 0.2) is 0 Å². The number of hydrogen-bond acceptors (Lipinski definition) is 4. The van der Waals surface area contributed by atoms with E-state index in [9.17, 15) is 23.2 Å². The van der Waals surface area contributed by atoms with E-state index >= 15 is 0 Å². The quantitative estimate of drug-likeness (QED) is 0.806. The Bertz CT molecular complexity index is 705. The monoisotopic (exact) mass is 323 g/mol. The minimum Gasteiger partial charge on any atom is -0.326 e. The molecule has 3 N–H and O–H groups in total. The molecule has 0 aliphatic carbocycles. The molecule has 3 amide bonds. The summed E-state index contributed by atoms with van der Waals surface area (Å²) in [6.07, 6.45) is -2.42. The number of fused-ring (bicyclic) bond motifs is 1. The lowest BCUT2D eigenvalue weighted by Gasteiger charge is -2.29. The number of halogens is 2. The normalized spacial score (nSPS) is 21.0. The van der Waals surface area contributed by atoms with Gasteiger partial charge in [0.25, 0.3) is 12.3 Å². The van der Waals surface area contributed by atoms with Crippen LogP contribution in [-0.2, 0) is 22.7 Å². The third-order valence-corrected chi connectivity index (χ3v) is 4.22. The van der Waals surface area contributed by atoms with E-state index in [-0.39, 0.29) is 42.6 Å². The summed E-state index contributed by atoms with van der Waals surface area (Å²) in [5.41, 5.74) is 6.10. The van der Waals surface area contributed by atoms with E-state index in [0.717, 1.165) is 0 Å². The highest BCUT2D eigenvalue weighted by Crippen LogP contribution is 2.35. The van der Waals surface area contributed by atoms with Crippen LogP contribution in [0.2, 0.25) is 0 Å². The summed E-state index contributed by atoms with van der Waals surface area (Å²) in [5.74, 6) is -1.44. The van der Waals surface area contributed by atoms with E-state index in [0.29, 0.717) is 5.56 Å². The number of imide groups is 1. The van der Waals surface area contributed by atoms with Gasteiger partial charge in [0, 0.05) is 30.6 Å². The Hall–Kier alpha value is -2.35. The van der Waals surface area contributed by atoms with E-state index in [4.69, 9.17) is 5.73 Å². The van der Waals surface area contributed by atoms with Crippen LogP contribution in [0.15, 0.2) is 12.1 Å². The van der Waals surface area contributed by atoms with Crippen LogP contribution in [0.5, 0.6) is 0 Å². The maximum absolute atomic E-state index is 13.3. The van der Waals surface area contributed by atoms with Gasteiger partial charge < -0.3 is 10.6 Å². The lowest BCUT2D eigenvalue weighted by Crippen LogP contribution is -2.52. The molecule has 23 heavy (non-hydrogen) atoms. The second-order valence-corrected chi connectivity index (χ2v) is 5.62. The van der Waals surface area contributed by atoms with Crippen LogP contribution in [0.3, 0.4) is 0 Å². The molecule has 1 saturated heterocycles. The summed E-state index contributed by atoms with van der Waals surface area (Å²) in [4.78, 5) is 36.9. The van der Waals surface area contributed by atoms with Crippen molar-refractivity contribution >= 4 is 17.7 Å². The largest absolute Gasteiger partial charge is 0.326 e. The lowest BCUT2D eigenvalue weighted by atomic mass is 9.99. The number of carbonyl (C=O) groups excluding carboxylic acids is 3. The fraction of sp³-hybridized carbons (Fsp3) is 0.400. The van der Waals surface area contributed by atoms with Crippen LogP contribution < -0.4 is 11.1 Å². The Morgan fingerprint density at radius 3 is 2.65 bits per heavy atom. The topological polar surface area (TPSA) is 92.5 Å². The van der Waals surface area contributed by atoms with Crippen molar-refractivity contribution in [3.05, 3.63) is 34.4 Å². The molecule has 0 bridgehead atoms. The molecular weight excluding hydrogens is 308 g/mol. The summed E-state index contributed by atoms with van der Waals surface area (Å²) in [7, 11) is 0. The number of piperidine rings is 1. The molecule has 0 radical (unpaired) electrons. The van der Waals surface area contributed by atoms with Crippen molar-refractivity contribution in [1.82, 2.24) is 10.2 Å². The first-order valence-electron chi connectivity index (χ1n) is 7.21. The van der Waals surface area contributed by atoms with Crippen molar-refractivity contribution in [2.24, 2.45) is 5.73 Å². The molecule has 8 heteroatoms. The van der Waals surface area contributed by atoms with Crippen molar-refractivity contribution in [2.75, 3.05) is 0 Å². The zero-order valence-corrected chi connectivity index (χ0v) is 12.1. The van der Waals surface area contributed by atoms with Gasteiger partial charge in [-0.2, -0.15) is 0 Å². The Morgan fingerprint density at radius 2 is 2.04 bits per heavy atom. The van der Waals surface area contributed by atoms with E-state index in [1.165, 1.54) is 17.0 Å². The zero-order valence-electron chi connectivity index (χ0n) is 12.1. The predicted molar refractivity (Wildman–Crippen MR) is 75.3 cm³/mol. The molecule has 2 aliphatic rings. The second kappa shape index (κ2) is 5.69. The van der Waals surface area contributed by atoms with Gasteiger partial charge in [-0.1, -0.05) is 0 Å². The van der Waals surface area contributed by atoms with Gasteiger partial charge >= 0.3 is 0 Å². The number of benzene rings is 1. The Kier molecular flexibility index (Phi) is 3.85. The van der Waals surface area contributed by atoms with Crippen molar-refractivity contribution in [3.63, 3.8) is 0 Å². The fourth-order valence-corrected chi connectivity index (χ4v) is 3.06. The highest BCUT2D eigenvalue weighted by molar-refractivity contribution is 6.05. The lowest BCUT2D eigenvalue weighted by molar-refractivity contribution is -0.136. The summed E-state index contributed by atoms with van der Waals surface area (Å²) >= 11 is 0. The van der Waals surface area contributed by atoms with E-state index in [2.05, 4.69) is 5.32 Å². The number of nitrogens with zero attached hydrogens (tertiary/aromatic N) is 1. The van der Waals surface area contributed by atoms with E-state index < -0.39 is 30.2 Å². The number of carbonyl (C=O) groups is 3. The van der Waals surface area contributed by atoms with Gasteiger partial charge in [-0.05, 0) is 29.7 Å². The first kappa shape index (κ1) is 15.5. The van der Waals surface area contributed by atoms with Crippen LogP contribution in [0.1, 0.15) is 46.3 Å². The average Bonchev–Trinajstić information content (AvgIpc) is 2.83. The molecule has 6 nitrogen and oxygen atoms in total. The first-order valence-corrected chi connectivity index (χ1v) is 7.21. The second-order valence-electron chi connectivity index (χ2n) is 5.62.